The summed E-state index contributed by atoms with van der Waals surface area (Å²) in [6.07, 6.45) is -8.65. The third kappa shape index (κ3) is 7.02. The number of halogens is 6. The molecule has 0 heterocycles. The average molecular weight is 411 g/mol. The lowest BCUT2D eigenvalue weighted by Crippen LogP contribution is -2.18. The van der Waals surface area contributed by atoms with Gasteiger partial charge in [-0.25, -0.2) is 0 Å². The van der Waals surface area contributed by atoms with Crippen molar-refractivity contribution in [3.05, 3.63) is 59.7 Å². The Labute approximate surface area is 152 Å². The molecule has 0 bridgehead atoms. The summed E-state index contributed by atoms with van der Waals surface area (Å²) in [6, 6.07) is 9.23. The quantitative estimate of drug-likeness (QED) is 0.410. The standard InChI is InChI=1S/C16H11F6NO3S/c1-27(24)23-14(10-4-2-6-12(8-10)25-15(17,18)19)11-5-3-7-13(9-11)26-16(20,21)22/h2-9H,1H3. The van der Waals surface area contributed by atoms with Crippen LogP contribution in [0.15, 0.2) is 52.9 Å². The zero-order valence-electron chi connectivity index (χ0n) is 13.5. The topological polar surface area (TPSA) is 53.9 Å². The fourth-order valence-electron chi connectivity index (χ4n) is 2.08. The van der Waals surface area contributed by atoms with Gasteiger partial charge in [0.25, 0.3) is 0 Å². The fraction of sp³-hybridized carbons (Fsp3) is 0.188. The molecule has 4 nitrogen and oxygen atoms in total. The molecule has 2 aromatic rings. The molecule has 0 radical (unpaired) electrons. The Morgan fingerprint density at radius 3 is 1.59 bits per heavy atom. The normalized spacial score (nSPS) is 13.0. The van der Waals surface area contributed by atoms with Crippen LogP contribution in [0.5, 0.6) is 11.5 Å². The van der Waals surface area contributed by atoms with Gasteiger partial charge in [-0.3, -0.25) is 0 Å². The lowest BCUT2D eigenvalue weighted by Gasteiger charge is -2.13. The molecule has 146 valence electrons. The van der Waals surface area contributed by atoms with Gasteiger partial charge in [-0.1, -0.05) is 28.7 Å². The van der Waals surface area contributed by atoms with Crippen LogP contribution in [-0.2, 0) is 11.4 Å². The number of ether oxygens (including phenoxy) is 2. The van der Waals surface area contributed by atoms with Crippen LogP contribution in [0.3, 0.4) is 0 Å². The van der Waals surface area contributed by atoms with Crippen LogP contribution in [0.4, 0.5) is 26.3 Å². The minimum atomic E-state index is -4.93. The van der Waals surface area contributed by atoms with E-state index in [2.05, 4.69) is 13.9 Å². The van der Waals surface area contributed by atoms with Gasteiger partial charge in [-0.05, 0) is 24.3 Å². The molecule has 1 unspecified atom stereocenters. The molecule has 0 amide bonds. The van der Waals surface area contributed by atoms with Gasteiger partial charge in [0.2, 0.25) is 0 Å². The van der Waals surface area contributed by atoms with E-state index in [1.807, 2.05) is 0 Å². The molecular weight excluding hydrogens is 400 g/mol. The van der Waals surface area contributed by atoms with E-state index in [0.717, 1.165) is 24.3 Å². The summed E-state index contributed by atoms with van der Waals surface area (Å²) < 4.78 is 97.3. The first-order valence-electron chi connectivity index (χ1n) is 7.07. The summed E-state index contributed by atoms with van der Waals surface area (Å²) in [7, 11) is 0. The van der Waals surface area contributed by atoms with E-state index in [1.54, 1.807) is 0 Å². The number of alkyl halides is 6. The van der Waals surface area contributed by atoms with Crippen molar-refractivity contribution in [3.8, 4) is 11.5 Å². The molecule has 0 saturated carbocycles. The number of hydrogen-bond acceptors (Lipinski definition) is 4. The maximum atomic E-state index is 12.4. The number of benzene rings is 2. The van der Waals surface area contributed by atoms with E-state index < -0.39 is 35.6 Å². The van der Waals surface area contributed by atoms with Crippen molar-refractivity contribution in [1.29, 1.82) is 0 Å². The van der Waals surface area contributed by atoms with Crippen LogP contribution < -0.4 is 9.47 Å². The molecule has 0 aliphatic carbocycles. The van der Waals surface area contributed by atoms with Crippen molar-refractivity contribution in [2.24, 2.45) is 4.40 Å². The van der Waals surface area contributed by atoms with E-state index in [-0.39, 0.29) is 16.8 Å². The van der Waals surface area contributed by atoms with E-state index in [1.165, 1.54) is 30.5 Å². The van der Waals surface area contributed by atoms with Crippen molar-refractivity contribution < 1.29 is 40.4 Å². The maximum Gasteiger partial charge on any atom is 0.573 e. The van der Waals surface area contributed by atoms with Gasteiger partial charge in [0.05, 0.1) is 11.4 Å². The highest BCUT2D eigenvalue weighted by atomic mass is 32.2. The zero-order valence-corrected chi connectivity index (χ0v) is 14.3. The second-order valence-electron chi connectivity index (χ2n) is 5.01. The van der Waals surface area contributed by atoms with E-state index in [9.17, 15) is 30.9 Å². The number of nitrogens with zero attached hydrogens (tertiary/aromatic N) is 1. The molecule has 0 spiro atoms. The molecule has 0 aliphatic heterocycles. The third-order valence-electron chi connectivity index (χ3n) is 2.90. The van der Waals surface area contributed by atoms with E-state index in [4.69, 9.17) is 0 Å². The van der Waals surface area contributed by atoms with Crippen LogP contribution in [0.25, 0.3) is 0 Å². The predicted molar refractivity (Wildman–Crippen MR) is 86.0 cm³/mol. The molecular formula is C16H11F6NO3S. The Morgan fingerprint density at radius 1 is 0.852 bits per heavy atom. The monoisotopic (exact) mass is 411 g/mol. The number of rotatable bonds is 5. The first-order chi connectivity index (χ1) is 12.4. The fourth-order valence-corrected chi connectivity index (χ4v) is 2.55. The van der Waals surface area contributed by atoms with E-state index in [0.29, 0.717) is 0 Å². The number of hydrogen-bond donors (Lipinski definition) is 0. The van der Waals surface area contributed by atoms with Crippen LogP contribution in [0, 0.1) is 0 Å². The zero-order chi connectivity index (χ0) is 20.2. The summed E-state index contributed by atoms with van der Waals surface area (Å²) in [5, 5.41) is 0. The first kappa shape index (κ1) is 20.9. The highest BCUT2D eigenvalue weighted by Gasteiger charge is 2.32. The molecule has 1 atom stereocenters. The molecule has 0 aliphatic rings. The van der Waals surface area contributed by atoms with Gasteiger partial charge in [0, 0.05) is 11.1 Å². The smallest absolute Gasteiger partial charge is 0.573 e. The first-order valence-corrected chi connectivity index (χ1v) is 8.59. The van der Waals surface area contributed by atoms with Crippen LogP contribution in [0.2, 0.25) is 0 Å². The van der Waals surface area contributed by atoms with Crippen molar-refractivity contribution >= 4 is 17.1 Å². The molecule has 0 aromatic heterocycles. The Morgan fingerprint density at radius 2 is 1.26 bits per heavy atom. The Kier molecular flexibility index (Phi) is 6.26. The molecule has 27 heavy (non-hydrogen) atoms. The van der Waals surface area contributed by atoms with Gasteiger partial charge in [0.1, 0.15) is 23.5 Å². The van der Waals surface area contributed by atoms with Gasteiger partial charge >= 0.3 is 12.7 Å². The average Bonchev–Trinajstić information content (AvgIpc) is 2.49. The summed E-state index contributed by atoms with van der Waals surface area (Å²) in [5.74, 6) is -1.12. The summed E-state index contributed by atoms with van der Waals surface area (Å²) in [5.41, 5.74) is 0.0447. The van der Waals surface area contributed by atoms with Crippen LogP contribution in [0.1, 0.15) is 11.1 Å². The maximum absolute atomic E-state index is 12.4. The molecule has 2 rings (SSSR count). The summed E-state index contributed by atoms with van der Waals surface area (Å²) in [4.78, 5) is 0. The van der Waals surface area contributed by atoms with Crippen molar-refractivity contribution in [2.75, 3.05) is 6.26 Å². The molecule has 11 heteroatoms. The van der Waals surface area contributed by atoms with Crippen LogP contribution >= 0.6 is 0 Å². The van der Waals surface area contributed by atoms with Gasteiger partial charge < -0.3 is 14.0 Å². The summed E-state index contributed by atoms with van der Waals surface area (Å²) in [6.45, 7) is 0. The molecule has 0 fully saturated rings. The predicted octanol–water partition coefficient (Wildman–Crippen LogP) is 4.61. The second-order valence-corrected chi connectivity index (χ2v) is 6.05. The lowest BCUT2D eigenvalue weighted by atomic mass is 10.0. The minimum absolute atomic E-state index is 0.0658. The highest BCUT2D eigenvalue weighted by Crippen LogP contribution is 2.27. The third-order valence-corrected chi connectivity index (χ3v) is 3.34. The van der Waals surface area contributed by atoms with E-state index >= 15 is 0 Å². The van der Waals surface area contributed by atoms with Crippen molar-refractivity contribution in [1.82, 2.24) is 0 Å². The Hall–Kier alpha value is -2.40. The van der Waals surface area contributed by atoms with Gasteiger partial charge in [-0.2, -0.15) is 0 Å². The van der Waals surface area contributed by atoms with Crippen molar-refractivity contribution in [3.63, 3.8) is 0 Å². The summed E-state index contributed by atoms with van der Waals surface area (Å²) >= 11 is -1.79. The molecule has 0 N–H and O–H groups in total. The Bertz CT molecular complexity index is 759. The largest absolute Gasteiger partial charge is 0.591 e. The molecule has 2 aromatic carbocycles. The Balaban J connectivity index is 2.46. The second kappa shape index (κ2) is 8.09. The van der Waals surface area contributed by atoms with Gasteiger partial charge in [-0.15, -0.1) is 26.3 Å². The SMILES string of the molecule is C[S+]([O-])N=C(c1cccc(OC(F)(F)F)c1)c1cccc(OC(F)(F)F)c1. The minimum Gasteiger partial charge on any atom is -0.591 e. The lowest BCUT2D eigenvalue weighted by molar-refractivity contribution is -0.275. The van der Waals surface area contributed by atoms with Gasteiger partial charge in [0.15, 0.2) is 0 Å². The van der Waals surface area contributed by atoms with Crippen LogP contribution in [-0.4, -0.2) is 29.2 Å². The molecule has 0 saturated heterocycles. The van der Waals surface area contributed by atoms with Crippen molar-refractivity contribution in [2.45, 2.75) is 12.7 Å². The highest BCUT2D eigenvalue weighted by molar-refractivity contribution is 7.89.